The van der Waals surface area contributed by atoms with Crippen LogP contribution in [0.4, 0.5) is 0 Å². The first-order valence-electron chi connectivity index (χ1n) is 14.6. The lowest BCUT2D eigenvalue weighted by atomic mass is 10.0. The maximum Gasteiger partial charge on any atom is 0.0541 e. The maximum atomic E-state index is 3.77. The number of rotatable bonds is 3. The van der Waals surface area contributed by atoms with E-state index in [9.17, 15) is 0 Å². The van der Waals surface area contributed by atoms with Gasteiger partial charge in [-0.15, -0.1) is 0 Å². The Balaban J connectivity index is 1.28. The zero-order valence-electron chi connectivity index (χ0n) is 23.2. The van der Waals surface area contributed by atoms with Gasteiger partial charge in [-0.3, -0.25) is 0 Å². The van der Waals surface area contributed by atoms with Crippen LogP contribution in [0.2, 0.25) is 0 Å². The summed E-state index contributed by atoms with van der Waals surface area (Å²) in [6.45, 7) is 0. The van der Waals surface area contributed by atoms with Crippen molar-refractivity contribution >= 4 is 70.3 Å². The van der Waals surface area contributed by atoms with E-state index in [-0.39, 0.29) is 0 Å². The molecule has 0 saturated carbocycles. The molecule has 0 bridgehead atoms. The minimum absolute atomic E-state index is 1.11. The first kappa shape index (κ1) is 24.5. The Bertz CT molecular complexity index is 2520. The third-order valence-electron chi connectivity index (χ3n) is 8.78. The van der Waals surface area contributed by atoms with Gasteiger partial charge >= 0.3 is 0 Å². The second-order valence-corrected chi connectivity index (χ2v) is 12.0. The average Bonchev–Trinajstić information content (AvgIpc) is 3.58. The number of fused-ring (bicyclic) bond motifs is 7. The third kappa shape index (κ3) is 3.65. The van der Waals surface area contributed by atoms with E-state index in [0.717, 1.165) is 4.47 Å². The van der Waals surface area contributed by atoms with Crippen LogP contribution in [0.5, 0.6) is 0 Å². The Morgan fingerprint density at radius 3 is 1.49 bits per heavy atom. The summed E-state index contributed by atoms with van der Waals surface area (Å²) in [7, 11) is 0. The van der Waals surface area contributed by atoms with Gasteiger partial charge in [0.05, 0.1) is 27.8 Å². The molecule has 0 aliphatic carbocycles. The van der Waals surface area contributed by atoms with E-state index in [1.54, 1.807) is 0 Å². The van der Waals surface area contributed by atoms with Crippen molar-refractivity contribution in [2.24, 2.45) is 0 Å². The molecule has 0 unspecified atom stereocenters. The third-order valence-corrected chi connectivity index (χ3v) is 9.47. The molecule has 0 fully saturated rings. The monoisotopic (exact) mass is 612 g/mol. The van der Waals surface area contributed by atoms with Crippen LogP contribution >= 0.6 is 15.9 Å². The molecule has 7 aromatic carbocycles. The number of para-hydroxylation sites is 3. The van der Waals surface area contributed by atoms with Gasteiger partial charge in [0, 0.05) is 37.1 Å². The van der Waals surface area contributed by atoms with Crippen molar-refractivity contribution in [2.75, 3.05) is 0 Å². The minimum Gasteiger partial charge on any atom is -0.309 e. The van der Waals surface area contributed by atoms with Crippen molar-refractivity contribution in [1.29, 1.82) is 0 Å². The molecule has 2 nitrogen and oxygen atoms in total. The Morgan fingerprint density at radius 2 is 0.837 bits per heavy atom. The van der Waals surface area contributed by atoms with Gasteiger partial charge < -0.3 is 9.13 Å². The van der Waals surface area contributed by atoms with Crippen molar-refractivity contribution in [3.63, 3.8) is 0 Å². The summed E-state index contributed by atoms with van der Waals surface area (Å²) in [5.74, 6) is 0. The van der Waals surface area contributed by atoms with Gasteiger partial charge in [0.15, 0.2) is 0 Å². The topological polar surface area (TPSA) is 9.86 Å². The Labute approximate surface area is 257 Å². The SMILES string of the molecule is Brc1ccc(-n2c3ccccc3c3cc(-c4ccc5c(c4)c4ccccc4n5-c4ccccc4)ccc32)c2ccccc12. The van der Waals surface area contributed by atoms with Crippen LogP contribution in [0.25, 0.3) is 76.9 Å². The van der Waals surface area contributed by atoms with Crippen LogP contribution in [0.1, 0.15) is 0 Å². The second kappa shape index (κ2) is 9.45. The molecule has 9 rings (SSSR count). The molecule has 0 aliphatic rings. The molecular formula is C40H25BrN2. The number of benzene rings is 7. The van der Waals surface area contributed by atoms with Crippen molar-refractivity contribution in [1.82, 2.24) is 9.13 Å². The van der Waals surface area contributed by atoms with E-state index < -0.39 is 0 Å². The van der Waals surface area contributed by atoms with Crippen molar-refractivity contribution in [2.45, 2.75) is 0 Å². The molecular weight excluding hydrogens is 588 g/mol. The lowest BCUT2D eigenvalue weighted by Crippen LogP contribution is -1.95. The fourth-order valence-electron chi connectivity index (χ4n) is 6.86. The largest absolute Gasteiger partial charge is 0.309 e. The molecule has 2 aromatic heterocycles. The van der Waals surface area contributed by atoms with Gasteiger partial charge in [-0.2, -0.15) is 0 Å². The molecule has 0 amide bonds. The van der Waals surface area contributed by atoms with Crippen molar-refractivity contribution < 1.29 is 0 Å². The Morgan fingerprint density at radius 1 is 0.349 bits per heavy atom. The quantitative estimate of drug-likeness (QED) is 0.188. The molecule has 0 saturated heterocycles. The lowest BCUT2D eigenvalue weighted by molar-refractivity contribution is 1.18. The zero-order chi connectivity index (χ0) is 28.5. The van der Waals surface area contributed by atoms with Crippen LogP contribution in [0.15, 0.2) is 156 Å². The molecule has 9 aromatic rings. The highest BCUT2D eigenvalue weighted by Gasteiger charge is 2.17. The van der Waals surface area contributed by atoms with Crippen LogP contribution in [-0.2, 0) is 0 Å². The summed E-state index contributed by atoms with van der Waals surface area (Å²) in [6.07, 6.45) is 0. The molecule has 0 radical (unpaired) electrons. The van der Waals surface area contributed by atoms with E-state index in [2.05, 4.69) is 177 Å². The molecule has 202 valence electrons. The van der Waals surface area contributed by atoms with Crippen LogP contribution in [-0.4, -0.2) is 9.13 Å². The number of nitrogens with zero attached hydrogens (tertiary/aromatic N) is 2. The fraction of sp³-hybridized carbons (Fsp3) is 0. The number of halogens is 1. The van der Waals surface area contributed by atoms with Gasteiger partial charge in [0.25, 0.3) is 0 Å². The van der Waals surface area contributed by atoms with Gasteiger partial charge in [0.2, 0.25) is 0 Å². The summed E-state index contributed by atoms with van der Waals surface area (Å²) in [4.78, 5) is 0. The lowest BCUT2D eigenvalue weighted by Gasteiger charge is -2.13. The molecule has 43 heavy (non-hydrogen) atoms. The maximum absolute atomic E-state index is 3.77. The minimum atomic E-state index is 1.11. The molecule has 3 heteroatoms. The van der Waals surface area contributed by atoms with E-state index in [1.807, 2.05) is 0 Å². The van der Waals surface area contributed by atoms with Crippen LogP contribution < -0.4 is 0 Å². The molecule has 2 heterocycles. The summed E-state index contributed by atoms with van der Waals surface area (Å²) < 4.78 is 5.90. The van der Waals surface area contributed by atoms with Gasteiger partial charge in [-0.05, 0) is 77.2 Å². The first-order chi connectivity index (χ1) is 21.3. The highest BCUT2D eigenvalue weighted by molar-refractivity contribution is 9.10. The second-order valence-electron chi connectivity index (χ2n) is 11.1. The average molecular weight is 614 g/mol. The standard InChI is InChI=1S/C40H25BrN2/c41-35-20-23-38(30-13-5-4-12-29(30)35)43-37-17-9-7-15-32(37)34-25-27(19-22-40(34)43)26-18-21-39-33(24-26)31-14-6-8-16-36(31)42(39)28-10-2-1-3-11-28/h1-25H. The summed E-state index contributed by atoms with van der Waals surface area (Å²) in [5, 5.41) is 7.48. The van der Waals surface area contributed by atoms with Crippen molar-refractivity contribution in [3.8, 4) is 22.5 Å². The summed E-state index contributed by atoms with van der Waals surface area (Å²) in [6, 6.07) is 54.9. The summed E-state index contributed by atoms with van der Waals surface area (Å²) in [5.41, 5.74) is 9.66. The smallest absolute Gasteiger partial charge is 0.0541 e. The number of hydrogen-bond acceptors (Lipinski definition) is 0. The van der Waals surface area contributed by atoms with Crippen molar-refractivity contribution in [3.05, 3.63) is 156 Å². The van der Waals surface area contributed by atoms with Gasteiger partial charge in [-0.25, -0.2) is 0 Å². The molecule has 0 spiro atoms. The predicted molar refractivity (Wildman–Crippen MR) is 186 cm³/mol. The van der Waals surface area contributed by atoms with E-state index in [1.165, 1.54) is 76.9 Å². The number of hydrogen-bond donors (Lipinski definition) is 0. The van der Waals surface area contributed by atoms with Crippen LogP contribution in [0.3, 0.4) is 0 Å². The molecule has 0 atom stereocenters. The van der Waals surface area contributed by atoms with Gasteiger partial charge in [0.1, 0.15) is 0 Å². The Kier molecular flexibility index (Phi) is 5.38. The molecule has 0 N–H and O–H groups in total. The van der Waals surface area contributed by atoms with E-state index in [4.69, 9.17) is 0 Å². The van der Waals surface area contributed by atoms with E-state index >= 15 is 0 Å². The predicted octanol–water partition coefficient (Wildman–Crippen LogP) is 11.5. The highest BCUT2D eigenvalue weighted by atomic mass is 79.9. The first-order valence-corrected chi connectivity index (χ1v) is 15.4. The molecule has 0 aliphatic heterocycles. The van der Waals surface area contributed by atoms with Gasteiger partial charge in [-0.1, -0.05) is 107 Å². The summed E-state index contributed by atoms with van der Waals surface area (Å²) >= 11 is 3.77. The highest BCUT2D eigenvalue weighted by Crippen LogP contribution is 2.39. The number of aromatic nitrogens is 2. The normalized spacial score (nSPS) is 11.8. The fourth-order valence-corrected chi connectivity index (χ4v) is 7.34. The zero-order valence-corrected chi connectivity index (χ0v) is 24.8. The van der Waals surface area contributed by atoms with E-state index in [0.29, 0.717) is 0 Å². The van der Waals surface area contributed by atoms with Crippen LogP contribution in [0, 0.1) is 0 Å². The Hall–Kier alpha value is -5.12.